The molecule has 1 saturated heterocycles. The molecule has 1 atom stereocenters. The molecule has 3 heteroatoms. The molecule has 54 valence electrons. The Morgan fingerprint density at radius 1 is 1.67 bits per heavy atom. The molecule has 0 radical (unpaired) electrons. The Balaban J connectivity index is 2.08. The molecule has 1 rings (SSSR count). The van der Waals surface area contributed by atoms with Crippen LogP contribution in [0.5, 0.6) is 0 Å². The molecule has 0 amide bonds. The highest BCUT2D eigenvalue weighted by Gasteiger charge is 2.11. The molecular formula is C6H13NOS. The molecule has 0 aliphatic carbocycles. The van der Waals surface area contributed by atoms with Gasteiger partial charge in [0.1, 0.15) is 0 Å². The fourth-order valence-corrected chi connectivity index (χ4v) is 1.95. The lowest BCUT2D eigenvalue weighted by molar-refractivity contribution is 0.259. The monoisotopic (exact) mass is 147 g/mol. The fraction of sp³-hybridized carbons (Fsp3) is 1.00. The number of hydrogen-bond acceptors (Lipinski definition) is 3. The summed E-state index contributed by atoms with van der Waals surface area (Å²) in [5, 5.41) is 8.59. The largest absolute Gasteiger partial charge is 0.396 e. The molecule has 1 unspecified atom stereocenters. The Kier molecular flexibility index (Phi) is 3.40. The molecule has 0 bridgehead atoms. The lowest BCUT2D eigenvalue weighted by Crippen LogP contribution is -2.22. The van der Waals surface area contributed by atoms with E-state index in [1.54, 1.807) is 11.9 Å². The zero-order chi connectivity index (χ0) is 6.53. The summed E-state index contributed by atoms with van der Waals surface area (Å²) in [5.41, 5.74) is 0. The molecule has 0 spiro atoms. The van der Waals surface area contributed by atoms with Crippen LogP contribution < -0.4 is 4.72 Å². The van der Waals surface area contributed by atoms with Crippen LogP contribution in [0.3, 0.4) is 0 Å². The summed E-state index contributed by atoms with van der Waals surface area (Å²) >= 11 is 1.78. The summed E-state index contributed by atoms with van der Waals surface area (Å²) in [5.74, 6) is 1.92. The van der Waals surface area contributed by atoms with E-state index < -0.39 is 0 Å². The van der Waals surface area contributed by atoms with Crippen molar-refractivity contribution in [2.45, 2.75) is 12.8 Å². The van der Waals surface area contributed by atoms with Gasteiger partial charge in [-0.2, -0.15) is 0 Å². The van der Waals surface area contributed by atoms with Crippen LogP contribution in [-0.2, 0) is 0 Å². The predicted octanol–water partition coefficient (Wildman–Crippen LogP) is 0.626. The van der Waals surface area contributed by atoms with Crippen LogP contribution in [0.2, 0.25) is 0 Å². The second-order valence-electron chi connectivity index (χ2n) is 2.37. The van der Waals surface area contributed by atoms with Gasteiger partial charge in [0.2, 0.25) is 0 Å². The first-order valence-corrected chi connectivity index (χ1v) is 4.37. The summed E-state index contributed by atoms with van der Waals surface area (Å²) in [6, 6.07) is 0. The topological polar surface area (TPSA) is 32.3 Å². The average molecular weight is 147 g/mol. The van der Waals surface area contributed by atoms with Gasteiger partial charge in [-0.1, -0.05) is 11.9 Å². The number of nitrogens with one attached hydrogen (secondary N) is 1. The highest BCUT2D eigenvalue weighted by molar-refractivity contribution is 7.97. The minimum absolute atomic E-state index is 0.352. The summed E-state index contributed by atoms with van der Waals surface area (Å²) in [7, 11) is 0. The van der Waals surface area contributed by atoms with Crippen molar-refractivity contribution in [3.63, 3.8) is 0 Å². The zero-order valence-electron chi connectivity index (χ0n) is 5.47. The van der Waals surface area contributed by atoms with Crippen LogP contribution in [-0.4, -0.2) is 24.0 Å². The van der Waals surface area contributed by atoms with E-state index in [9.17, 15) is 0 Å². The third-order valence-corrected chi connectivity index (χ3v) is 2.66. The van der Waals surface area contributed by atoms with Crippen molar-refractivity contribution in [1.29, 1.82) is 0 Å². The van der Waals surface area contributed by atoms with Crippen LogP contribution in [0.4, 0.5) is 0 Å². The summed E-state index contributed by atoms with van der Waals surface area (Å²) in [6.07, 6.45) is 2.21. The molecule has 9 heavy (non-hydrogen) atoms. The first-order valence-electron chi connectivity index (χ1n) is 3.39. The number of rotatable bonds is 2. The van der Waals surface area contributed by atoms with Crippen LogP contribution in [0.15, 0.2) is 0 Å². The van der Waals surface area contributed by atoms with Gasteiger partial charge < -0.3 is 5.11 Å². The molecule has 1 aliphatic heterocycles. The highest BCUT2D eigenvalue weighted by Crippen LogP contribution is 2.17. The van der Waals surface area contributed by atoms with E-state index >= 15 is 0 Å². The molecule has 2 N–H and O–H groups in total. The Hall–Kier alpha value is 0.270. The van der Waals surface area contributed by atoms with Crippen LogP contribution in [0.25, 0.3) is 0 Å². The van der Waals surface area contributed by atoms with E-state index in [0.717, 1.165) is 18.9 Å². The van der Waals surface area contributed by atoms with E-state index in [1.807, 2.05) is 0 Å². The molecule has 0 aromatic rings. The third-order valence-electron chi connectivity index (χ3n) is 1.61. The average Bonchev–Trinajstić information content (AvgIpc) is 1.91. The summed E-state index contributed by atoms with van der Waals surface area (Å²) in [4.78, 5) is 0. The lowest BCUT2D eigenvalue weighted by Gasteiger charge is -2.20. The molecule has 1 heterocycles. The van der Waals surface area contributed by atoms with E-state index in [4.69, 9.17) is 5.11 Å². The maximum Gasteiger partial charge on any atom is 0.0433 e. The van der Waals surface area contributed by atoms with E-state index in [2.05, 4.69) is 4.72 Å². The van der Waals surface area contributed by atoms with Crippen molar-refractivity contribution in [1.82, 2.24) is 4.72 Å². The van der Waals surface area contributed by atoms with Gasteiger partial charge in [0.25, 0.3) is 0 Å². The molecule has 1 aliphatic rings. The first-order chi connectivity index (χ1) is 4.43. The van der Waals surface area contributed by atoms with Crippen LogP contribution in [0, 0.1) is 5.92 Å². The maximum absolute atomic E-state index is 8.59. The van der Waals surface area contributed by atoms with Gasteiger partial charge in [0, 0.05) is 18.9 Å². The van der Waals surface area contributed by atoms with Crippen molar-refractivity contribution in [3.8, 4) is 0 Å². The maximum atomic E-state index is 8.59. The number of aliphatic hydroxyl groups is 1. The van der Waals surface area contributed by atoms with Gasteiger partial charge in [-0.3, -0.25) is 4.72 Å². The van der Waals surface area contributed by atoms with E-state index in [-0.39, 0.29) is 0 Å². The number of hydrogen-bond donors (Lipinski definition) is 2. The van der Waals surface area contributed by atoms with Gasteiger partial charge in [-0.25, -0.2) is 0 Å². The lowest BCUT2D eigenvalue weighted by atomic mass is 10.0. The Morgan fingerprint density at radius 3 is 3.11 bits per heavy atom. The molecule has 2 nitrogen and oxygen atoms in total. The highest BCUT2D eigenvalue weighted by atomic mass is 32.2. The van der Waals surface area contributed by atoms with Gasteiger partial charge in [0.05, 0.1) is 0 Å². The standard InChI is InChI=1S/C6H13NOS/c8-4-2-6-1-3-7-9-5-6/h6-8H,1-5H2. The fourth-order valence-electron chi connectivity index (χ4n) is 1.01. The summed E-state index contributed by atoms with van der Waals surface area (Å²) < 4.78 is 3.21. The molecular weight excluding hydrogens is 134 g/mol. The predicted molar refractivity (Wildman–Crippen MR) is 40.3 cm³/mol. The van der Waals surface area contributed by atoms with Gasteiger partial charge in [-0.15, -0.1) is 0 Å². The zero-order valence-corrected chi connectivity index (χ0v) is 6.28. The smallest absolute Gasteiger partial charge is 0.0433 e. The SMILES string of the molecule is OCCC1CCNSC1. The third kappa shape index (κ3) is 2.56. The Labute approximate surface area is 60.2 Å². The van der Waals surface area contributed by atoms with E-state index in [0.29, 0.717) is 6.61 Å². The van der Waals surface area contributed by atoms with Crippen molar-refractivity contribution < 1.29 is 5.11 Å². The second-order valence-corrected chi connectivity index (χ2v) is 3.28. The van der Waals surface area contributed by atoms with Gasteiger partial charge >= 0.3 is 0 Å². The second kappa shape index (κ2) is 4.14. The Bertz CT molecular complexity index is 70.7. The minimum atomic E-state index is 0.352. The molecule has 0 saturated carbocycles. The van der Waals surface area contributed by atoms with Gasteiger partial charge in [0.15, 0.2) is 0 Å². The molecule has 0 aromatic carbocycles. The number of aliphatic hydroxyl groups excluding tert-OH is 1. The normalized spacial score (nSPS) is 28.3. The Morgan fingerprint density at radius 2 is 2.56 bits per heavy atom. The van der Waals surface area contributed by atoms with Crippen molar-refractivity contribution in [2.75, 3.05) is 18.9 Å². The first kappa shape index (κ1) is 7.38. The van der Waals surface area contributed by atoms with E-state index in [1.165, 1.54) is 12.2 Å². The molecule has 0 aromatic heterocycles. The quantitative estimate of drug-likeness (QED) is 0.562. The van der Waals surface area contributed by atoms with Crippen molar-refractivity contribution >= 4 is 11.9 Å². The van der Waals surface area contributed by atoms with Gasteiger partial charge in [-0.05, 0) is 18.8 Å². The van der Waals surface area contributed by atoms with Crippen molar-refractivity contribution in [3.05, 3.63) is 0 Å². The van der Waals surface area contributed by atoms with Crippen molar-refractivity contribution in [2.24, 2.45) is 5.92 Å². The minimum Gasteiger partial charge on any atom is -0.396 e. The summed E-state index contributed by atoms with van der Waals surface area (Å²) in [6.45, 7) is 1.46. The van der Waals surface area contributed by atoms with Crippen LogP contribution in [0.1, 0.15) is 12.8 Å². The molecule has 1 fully saturated rings. The van der Waals surface area contributed by atoms with Crippen LogP contribution >= 0.6 is 11.9 Å².